The van der Waals surface area contributed by atoms with Crippen molar-refractivity contribution in [1.29, 1.82) is 0 Å². The van der Waals surface area contributed by atoms with Crippen LogP contribution in [0.2, 0.25) is 0 Å². The Hall–Kier alpha value is -1.44. The molecule has 2 unspecified atom stereocenters. The third-order valence-electron chi connectivity index (χ3n) is 7.61. The van der Waals surface area contributed by atoms with E-state index in [1.54, 1.807) is 0 Å². The van der Waals surface area contributed by atoms with Crippen LogP contribution in [-0.2, 0) is 33.2 Å². The minimum absolute atomic E-state index is 0.446. The van der Waals surface area contributed by atoms with Crippen LogP contribution in [0.4, 0.5) is 0 Å². The number of hydrogen-bond acceptors (Lipinski definition) is 7. The van der Waals surface area contributed by atoms with Gasteiger partial charge in [-0.15, -0.1) is 0 Å². The lowest BCUT2D eigenvalue weighted by molar-refractivity contribution is -0.239. The number of hydrogen-bond donors (Lipinski definition) is 0. The van der Waals surface area contributed by atoms with Gasteiger partial charge in [0.2, 0.25) is 12.6 Å². The Morgan fingerprint density at radius 2 is 0.667 bits per heavy atom. The second kappa shape index (κ2) is 32.5. The number of unbranched alkanes of at least 4 members (excludes halogenated alkanes) is 14. The molecular formula is C38H74O7. The van der Waals surface area contributed by atoms with Gasteiger partial charge in [-0.1, -0.05) is 104 Å². The van der Waals surface area contributed by atoms with E-state index in [0.717, 1.165) is 50.0 Å². The van der Waals surface area contributed by atoms with E-state index >= 15 is 0 Å². The van der Waals surface area contributed by atoms with Crippen LogP contribution >= 0.6 is 0 Å². The van der Waals surface area contributed by atoms with Gasteiger partial charge in [-0.25, -0.2) is 0 Å². The minimum Gasteiger partial charge on any atom is -0.495 e. The van der Waals surface area contributed by atoms with Crippen molar-refractivity contribution in [2.45, 2.75) is 184 Å². The summed E-state index contributed by atoms with van der Waals surface area (Å²) in [6.07, 6.45) is 20.0. The Kier molecular flexibility index (Phi) is 31.5. The molecule has 0 spiro atoms. The van der Waals surface area contributed by atoms with E-state index in [1.165, 1.54) is 77.0 Å². The maximum Gasteiger partial charge on any atom is 0.223 e. The second-order valence-electron chi connectivity index (χ2n) is 11.5. The lowest BCUT2D eigenvalue weighted by atomic mass is 10.1. The SMILES string of the molecule is CCCCCCCCCCC(OCC)=C(OCC)C(OCC)OC(OCC)C(OCC)=C(CCCCCCCCCC)OCC. The van der Waals surface area contributed by atoms with E-state index in [-0.39, 0.29) is 0 Å². The summed E-state index contributed by atoms with van der Waals surface area (Å²) in [5.41, 5.74) is 0. The maximum atomic E-state index is 6.61. The summed E-state index contributed by atoms with van der Waals surface area (Å²) < 4.78 is 43.7. The Labute approximate surface area is 279 Å². The van der Waals surface area contributed by atoms with Crippen LogP contribution in [0.3, 0.4) is 0 Å². The van der Waals surface area contributed by atoms with Crippen LogP contribution in [0.25, 0.3) is 0 Å². The van der Waals surface area contributed by atoms with Crippen LogP contribution in [0, 0.1) is 0 Å². The molecular weight excluding hydrogens is 568 g/mol. The van der Waals surface area contributed by atoms with Crippen molar-refractivity contribution < 1.29 is 33.2 Å². The zero-order chi connectivity index (χ0) is 33.4. The van der Waals surface area contributed by atoms with Gasteiger partial charge < -0.3 is 33.2 Å². The molecule has 268 valence electrons. The lowest BCUT2D eigenvalue weighted by Gasteiger charge is -2.29. The Morgan fingerprint density at radius 3 is 0.956 bits per heavy atom. The summed E-state index contributed by atoms with van der Waals surface area (Å²) in [6, 6.07) is 0. The van der Waals surface area contributed by atoms with Gasteiger partial charge in [-0.2, -0.15) is 0 Å². The summed E-state index contributed by atoms with van der Waals surface area (Å²) in [5.74, 6) is 2.77. The highest BCUT2D eigenvalue weighted by Crippen LogP contribution is 2.28. The Balaban J connectivity index is 5.93. The molecule has 0 heterocycles. The molecule has 7 heteroatoms. The number of rotatable bonds is 34. The highest BCUT2D eigenvalue weighted by atomic mass is 16.8. The van der Waals surface area contributed by atoms with Gasteiger partial charge in [0, 0.05) is 26.1 Å². The van der Waals surface area contributed by atoms with E-state index in [4.69, 9.17) is 33.2 Å². The average Bonchev–Trinajstić information content (AvgIpc) is 3.03. The molecule has 2 atom stereocenters. The van der Waals surface area contributed by atoms with E-state index in [2.05, 4.69) is 13.8 Å². The first-order chi connectivity index (χ1) is 22.1. The van der Waals surface area contributed by atoms with Gasteiger partial charge in [0.1, 0.15) is 11.5 Å². The first-order valence-corrected chi connectivity index (χ1v) is 18.9. The van der Waals surface area contributed by atoms with Gasteiger partial charge in [0.05, 0.1) is 26.4 Å². The summed E-state index contributed by atoms with van der Waals surface area (Å²) in [7, 11) is 0. The first-order valence-electron chi connectivity index (χ1n) is 18.9. The molecule has 0 saturated heterocycles. The molecule has 45 heavy (non-hydrogen) atoms. The molecule has 0 bridgehead atoms. The molecule has 0 amide bonds. The molecule has 0 aliphatic carbocycles. The predicted octanol–water partition coefficient (Wildman–Crippen LogP) is 11.4. The fourth-order valence-corrected chi connectivity index (χ4v) is 5.36. The molecule has 0 fully saturated rings. The molecule has 0 aromatic rings. The Bertz CT molecular complexity index is 648. The molecule has 7 nitrogen and oxygen atoms in total. The fraction of sp³-hybridized carbons (Fsp3) is 0.895. The standard InChI is InChI=1S/C38H74O7/c1-9-17-19-21-23-25-27-29-31-33(39-11-3)35(41-13-5)37(43-15-7)45-38(44-16-8)36(42-14-6)34(40-12-4)32-30-28-26-24-22-20-18-10-2/h37-38H,9-32H2,1-8H3. The van der Waals surface area contributed by atoms with Gasteiger partial charge in [0.25, 0.3) is 0 Å². The topological polar surface area (TPSA) is 64.6 Å². The highest BCUT2D eigenvalue weighted by Gasteiger charge is 2.31. The Morgan fingerprint density at radius 1 is 0.356 bits per heavy atom. The molecule has 0 aromatic carbocycles. The normalized spacial score (nSPS) is 14.0. The monoisotopic (exact) mass is 643 g/mol. The van der Waals surface area contributed by atoms with Gasteiger partial charge in [-0.05, 0) is 54.4 Å². The fourth-order valence-electron chi connectivity index (χ4n) is 5.36. The lowest BCUT2D eigenvalue weighted by Crippen LogP contribution is -2.33. The predicted molar refractivity (Wildman–Crippen MR) is 187 cm³/mol. The molecule has 0 aromatic heterocycles. The van der Waals surface area contributed by atoms with E-state index in [9.17, 15) is 0 Å². The maximum absolute atomic E-state index is 6.61. The van der Waals surface area contributed by atoms with Gasteiger partial charge in [0.15, 0.2) is 11.5 Å². The first kappa shape index (κ1) is 43.6. The van der Waals surface area contributed by atoms with Crippen molar-refractivity contribution in [3.63, 3.8) is 0 Å². The van der Waals surface area contributed by atoms with Crippen molar-refractivity contribution in [1.82, 2.24) is 0 Å². The average molecular weight is 643 g/mol. The molecule has 0 rings (SSSR count). The van der Waals surface area contributed by atoms with Crippen LogP contribution < -0.4 is 0 Å². The number of allylic oxidation sites excluding steroid dienone is 2. The van der Waals surface area contributed by atoms with Gasteiger partial charge >= 0.3 is 0 Å². The summed E-state index contributed by atoms with van der Waals surface area (Å²) >= 11 is 0. The zero-order valence-electron chi connectivity index (χ0n) is 31.0. The number of ether oxygens (including phenoxy) is 7. The molecule has 0 aliphatic heterocycles. The zero-order valence-corrected chi connectivity index (χ0v) is 31.0. The highest BCUT2D eigenvalue weighted by molar-refractivity contribution is 5.09. The van der Waals surface area contributed by atoms with Crippen LogP contribution in [0.15, 0.2) is 23.0 Å². The van der Waals surface area contributed by atoms with E-state index in [1.807, 2.05) is 41.5 Å². The summed E-state index contributed by atoms with van der Waals surface area (Å²) in [5, 5.41) is 0. The molecule has 0 N–H and O–H groups in total. The summed E-state index contributed by atoms with van der Waals surface area (Å²) in [6.45, 7) is 19.4. The van der Waals surface area contributed by atoms with Crippen molar-refractivity contribution in [2.24, 2.45) is 0 Å². The second-order valence-corrected chi connectivity index (χ2v) is 11.5. The third kappa shape index (κ3) is 21.9. The quantitative estimate of drug-likeness (QED) is 0.0393. The van der Waals surface area contributed by atoms with E-state index < -0.39 is 12.6 Å². The third-order valence-corrected chi connectivity index (χ3v) is 7.61. The van der Waals surface area contributed by atoms with Gasteiger partial charge in [-0.3, -0.25) is 0 Å². The molecule has 0 radical (unpaired) electrons. The van der Waals surface area contributed by atoms with E-state index in [0.29, 0.717) is 51.2 Å². The largest absolute Gasteiger partial charge is 0.495 e. The summed E-state index contributed by atoms with van der Waals surface area (Å²) in [4.78, 5) is 0. The van der Waals surface area contributed by atoms with Crippen molar-refractivity contribution in [3.05, 3.63) is 23.0 Å². The van der Waals surface area contributed by atoms with Crippen molar-refractivity contribution in [2.75, 3.05) is 39.6 Å². The van der Waals surface area contributed by atoms with Crippen molar-refractivity contribution in [3.8, 4) is 0 Å². The van der Waals surface area contributed by atoms with Crippen LogP contribution in [-0.4, -0.2) is 52.2 Å². The molecule has 0 aliphatic rings. The van der Waals surface area contributed by atoms with Crippen LogP contribution in [0.5, 0.6) is 0 Å². The van der Waals surface area contributed by atoms with Crippen LogP contribution in [0.1, 0.15) is 171 Å². The van der Waals surface area contributed by atoms with Crippen molar-refractivity contribution >= 4 is 0 Å². The smallest absolute Gasteiger partial charge is 0.223 e. The molecule has 0 saturated carbocycles. The minimum atomic E-state index is -0.802.